The van der Waals surface area contributed by atoms with Gasteiger partial charge in [-0.3, -0.25) is 4.40 Å². The van der Waals surface area contributed by atoms with E-state index in [0.717, 1.165) is 40.9 Å². The van der Waals surface area contributed by atoms with E-state index in [1.54, 1.807) is 0 Å². The van der Waals surface area contributed by atoms with Gasteiger partial charge in [0, 0.05) is 6.04 Å². The van der Waals surface area contributed by atoms with Gasteiger partial charge in [0.05, 0.1) is 16.6 Å². The standard InChI is InChI=1S/C23H22N4/c1-3-9-18-14-22(25-16(2)17-10-5-4-6-11-17)27-21-13-8-7-12-20(21)26-23(27)19(18)15-24/h4-8,10-14,16,25H,3,9H2,1-2H3/t16-/m0/s1. The number of fused-ring (bicyclic) bond motifs is 3. The van der Waals surface area contributed by atoms with Crippen LogP contribution < -0.4 is 5.32 Å². The van der Waals surface area contributed by atoms with E-state index in [1.807, 2.05) is 30.3 Å². The van der Waals surface area contributed by atoms with Gasteiger partial charge in [-0.15, -0.1) is 0 Å². The Labute approximate surface area is 159 Å². The second-order valence-corrected chi connectivity index (χ2v) is 6.83. The number of nitriles is 1. The Bertz CT molecular complexity index is 1140. The Morgan fingerprint density at radius 3 is 2.59 bits per heavy atom. The maximum atomic E-state index is 9.80. The SMILES string of the molecule is CCCc1cc(N[C@@H](C)c2ccccc2)n2c(nc3ccccc32)c1C#N. The summed E-state index contributed by atoms with van der Waals surface area (Å²) < 4.78 is 2.08. The molecule has 0 saturated heterocycles. The summed E-state index contributed by atoms with van der Waals surface area (Å²) in [7, 11) is 0. The zero-order valence-electron chi connectivity index (χ0n) is 15.6. The lowest BCUT2D eigenvalue weighted by molar-refractivity contribution is 0.864. The summed E-state index contributed by atoms with van der Waals surface area (Å²) in [5.74, 6) is 0.970. The number of aryl methyl sites for hydroxylation is 1. The Morgan fingerprint density at radius 1 is 1.11 bits per heavy atom. The van der Waals surface area contributed by atoms with Crippen LogP contribution in [0.1, 0.15) is 43.0 Å². The molecule has 1 N–H and O–H groups in total. The van der Waals surface area contributed by atoms with Gasteiger partial charge in [-0.05, 0) is 42.7 Å². The van der Waals surface area contributed by atoms with Crippen LogP contribution in [0.2, 0.25) is 0 Å². The highest BCUT2D eigenvalue weighted by Gasteiger charge is 2.17. The van der Waals surface area contributed by atoms with Gasteiger partial charge in [0.25, 0.3) is 0 Å². The van der Waals surface area contributed by atoms with Crippen LogP contribution in [0.15, 0.2) is 60.7 Å². The summed E-state index contributed by atoms with van der Waals surface area (Å²) >= 11 is 0. The van der Waals surface area contributed by atoms with Crippen LogP contribution in [-0.4, -0.2) is 9.38 Å². The minimum absolute atomic E-state index is 0.137. The van der Waals surface area contributed by atoms with Crippen molar-refractivity contribution >= 4 is 22.5 Å². The van der Waals surface area contributed by atoms with Crippen molar-refractivity contribution in [2.75, 3.05) is 5.32 Å². The Kier molecular flexibility index (Phi) is 4.52. The van der Waals surface area contributed by atoms with Crippen molar-refractivity contribution < 1.29 is 0 Å². The Morgan fingerprint density at radius 2 is 1.85 bits per heavy atom. The molecule has 0 unspecified atom stereocenters. The zero-order chi connectivity index (χ0) is 18.8. The van der Waals surface area contributed by atoms with E-state index in [1.165, 1.54) is 5.56 Å². The molecule has 2 aromatic heterocycles. The second-order valence-electron chi connectivity index (χ2n) is 6.83. The predicted octanol–water partition coefficient (Wildman–Crippen LogP) is 5.48. The van der Waals surface area contributed by atoms with E-state index in [2.05, 4.69) is 60.0 Å². The number of aromatic nitrogens is 2. The number of hydrogen-bond donors (Lipinski definition) is 1. The quantitative estimate of drug-likeness (QED) is 0.516. The molecule has 0 aliphatic carbocycles. The predicted molar refractivity (Wildman–Crippen MR) is 110 cm³/mol. The summed E-state index contributed by atoms with van der Waals surface area (Å²) in [5, 5.41) is 13.4. The molecule has 0 amide bonds. The lowest BCUT2D eigenvalue weighted by Gasteiger charge is -2.19. The number of para-hydroxylation sites is 2. The van der Waals surface area contributed by atoms with Crippen molar-refractivity contribution in [2.24, 2.45) is 0 Å². The molecule has 0 bridgehead atoms. The van der Waals surface area contributed by atoms with Crippen LogP contribution in [0.4, 0.5) is 5.82 Å². The summed E-state index contributed by atoms with van der Waals surface area (Å²) in [6, 6.07) is 23.0. The highest BCUT2D eigenvalue weighted by atomic mass is 15.1. The van der Waals surface area contributed by atoms with Crippen LogP contribution in [-0.2, 0) is 6.42 Å². The summed E-state index contributed by atoms with van der Waals surface area (Å²) in [6.07, 6.45) is 1.84. The van der Waals surface area contributed by atoms with E-state index in [-0.39, 0.29) is 6.04 Å². The number of hydrogen-bond acceptors (Lipinski definition) is 3. The van der Waals surface area contributed by atoms with Crippen molar-refractivity contribution in [1.29, 1.82) is 5.26 Å². The first-order valence-corrected chi connectivity index (χ1v) is 9.37. The first-order chi connectivity index (χ1) is 13.2. The van der Waals surface area contributed by atoms with Crippen molar-refractivity contribution in [3.8, 4) is 6.07 Å². The van der Waals surface area contributed by atoms with E-state index >= 15 is 0 Å². The number of anilines is 1. The Hall–Kier alpha value is -3.32. The maximum absolute atomic E-state index is 9.80. The van der Waals surface area contributed by atoms with Crippen LogP contribution in [0.5, 0.6) is 0 Å². The molecule has 4 nitrogen and oxygen atoms in total. The highest BCUT2D eigenvalue weighted by molar-refractivity contribution is 5.85. The maximum Gasteiger partial charge on any atom is 0.157 e. The monoisotopic (exact) mass is 354 g/mol. The van der Waals surface area contributed by atoms with E-state index < -0.39 is 0 Å². The van der Waals surface area contributed by atoms with E-state index in [4.69, 9.17) is 4.98 Å². The molecular weight excluding hydrogens is 332 g/mol. The fourth-order valence-electron chi connectivity index (χ4n) is 3.62. The first kappa shape index (κ1) is 17.1. The lowest BCUT2D eigenvalue weighted by Crippen LogP contribution is -2.11. The number of imidazole rings is 1. The number of nitrogens with zero attached hydrogens (tertiary/aromatic N) is 3. The molecule has 4 rings (SSSR count). The molecule has 1 atom stereocenters. The van der Waals surface area contributed by atoms with Gasteiger partial charge in [0.1, 0.15) is 11.9 Å². The summed E-state index contributed by atoms with van der Waals surface area (Å²) in [5.41, 5.74) is 5.58. The molecular formula is C23H22N4. The molecule has 4 heteroatoms. The largest absolute Gasteiger partial charge is 0.365 e. The van der Waals surface area contributed by atoms with Gasteiger partial charge in [-0.1, -0.05) is 55.8 Å². The van der Waals surface area contributed by atoms with Crippen LogP contribution in [0.3, 0.4) is 0 Å². The summed E-state index contributed by atoms with van der Waals surface area (Å²) in [6.45, 7) is 4.28. The van der Waals surface area contributed by atoms with E-state index in [9.17, 15) is 5.26 Å². The topological polar surface area (TPSA) is 53.1 Å². The van der Waals surface area contributed by atoms with Crippen LogP contribution >= 0.6 is 0 Å². The zero-order valence-corrected chi connectivity index (χ0v) is 15.6. The normalized spacial score (nSPS) is 12.2. The molecule has 27 heavy (non-hydrogen) atoms. The Balaban J connectivity index is 1.94. The van der Waals surface area contributed by atoms with Gasteiger partial charge in [-0.2, -0.15) is 5.26 Å². The average molecular weight is 354 g/mol. The third kappa shape index (κ3) is 3.02. The fourth-order valence-corrected chi connectivity index (χ4v) is 3.62. The number of pyridine rings is 1. The van der Waals surface area contributed by atoms with Crippen molar-refractivity contribution in [3.63, 3.8) is 0 Å². The lowest BCUT2D eigenvalue weighted by atomic mass is 10.0. The van der Waals surface area contributed by atoms with Crippen molar-refractivity contribution in [3.05, 3.63) is 77.4 Å². The third-order valence-electron chi connectivity index (χ3n) is 4.95. The highest BCUT2D eigenvalue weighted by Crippen LogP contribution is 2.29. The minimum Gasteiger partial charge on any atom is -0.365 e. The van der Waals surface area contributed by atoms with Crippen molar-refractivity contribution in [2.45, 2.75) is 32.7 Å². The number of nitrogens with one attached hydrogen (secondary N) is 1. The molecule has 0 saturated carbocycles. The molecule has 0 aliphatic rings. The molecule has 0 radical (unpaired) electrons. The second kappa shape index (κ2) is 7.13. The molecule has 2 aromatic carbocycles. The summed E-state index contributed by atoms with van der Waals surface area (Å²) in [4.78, 5) is 4.77. The van der Waals surface area contributed by atoms with Gasteiger partial charge >= 0.3 is 0 Å². The molecule has 4 aromatic rings. The van der Waals surface area contributed by atoms with Gasteiger partial charge < -0.3 is 5.32 Å². The molecule has 0 fully saturated rings. The van der Waals surface area contributed by atoms with Crippen LogP contribution in [0, 0.1) is 11.3 Å². The number of rotatable bonds is 5. The van der Waals surface area contributed by atoms with Crippen LogP contribution in [0.25, 0.3) is 16.7 Å². The molecule has 2 heterocycles. The fraction of sp³-hybridized carbons (Fsp3) is 0.217. The van der Waals surface area contributed by atoms with Gasteiger partial charge in [-0.25, -0.2) is 4.98 Å². The smallest absolute Gasteiger partial charge is 0.157 e. The van der Waals surface area contributed by atoms with Crippen molar-refractivity contribution in [1.82, 2.24) is 9.38 Å². The molecule has 0 spiro atoms. The average Bonchev–Trinajstić information content (AvgIpc) is 3.08. The minimum atomic E-state index is 0.137. The molecule has 0 aliphatic heterocycles. The molecule has 134 valence electrons. The third-order valence-corrected chi connectivity index (χ3v) is 4.95. The first-order valence-electron chi connectivity index (χ1n) is 9.37. The van der Waals surface area contributed by atoms with Gasteiger partial charge in [0.15, 0.2) is 5.65 Å². The number of benzene rings is 2. The van der Waals surface area contributed by atoms with Gasteiger partial charge in [0.2, 0.25) is 0 Å². The van der Waals surface area contributed by atoms with E-state index in [0.29, 0.717) is 5.56 Å².